The van der Waals surface area contributed by atoms with E-state index in [1.165, 1.54) is 25.7 Å². The molecule has 169 valence electrons. The molecule has 0 aromatic heterocycles. The Morgan fingerprint density at radius 2 is 1.41 bits per heavy atom. The minimum Gasteiger partial charge on any atom is -0.351 e. The fraction of sp³-hybridized carbons (Fsp3) is 0.926. The summed E-state index contributed by atoms with van der Waals surface area (Å²) in [4.78, 5) is 2.88. The van der Waals surface area contributed by atoms with Crippen molar-refractivity contribution in [3.63, 3.8) is 0 Å². The Morgan fingerprint density at radius 3 is 1.83 bits per heavy atom. The molecule has 29 heavy (non-hydrogen) atoms. The molecule has 5 atom stereocenters. The van der Waals surface area contributed by atoms with E-state index in [4.69, 9.17) is 0 Å². The smallest absolute Gasteiger partial charge is 0.00764 e. The minimum absolute atomic E-state index is 0. The van der Waals surface area contributed by atoms with E-state index < -0.39 is 0 Å². The van der Waals surface area contributed by atoms with Crippen molar-refractivity contribution in [2.45, 2.75) is 126 Å². The molecule has 0 aromatic carbocycles. The van der Waals surface area contributed by atoms with Gasteiger partial charge in [0.1, 0.15) is 0 Å². The number of fused-ring (bicyclic) bond motifs is 1. The summed E-state index contributed by atoms with van der Waals surface area (Å²) < 4.78 is 0. The predicted molar refractivity (Wildman–Crippen MR) is 125 cm³/mol. The molecule has 1 radical (unpaired) electrons. The maximum absolute atomic E-state index is 2.88. The van der Waals surface area contributed by atoms with Gasteiger partial charge in [-0.1, -0.05) is 86.5 Å². The number of hydrogen-bond donors (Lipinski definition) is 0. The third-order valence-electron chi connectivity index (χ3n) is 7.28. The van der Waals surface area contributed by atoms with Gasteiger partial charge in [0.2, 0.25) is 0 Å². The van der Waals surface area contributed by atoms with Crippen LogP contribution in [0.15, 0.2) is 0 Å². The molecule has 2 rings (SSSR count). The molecule has 5 unspecified atom stereocenters. The van der Waals surface area contributed by atoms with Crippen molar-refractivity contribution in [3.05, 3.63) is 12.8 Å². The van der Waals surface area contributed by atoms with Crippen LogP contribution in [0.2, 0.25) is 0 Å². The zero-order valence-corrected chi connectivity index (χ0v) is 24.7. The van der Waals surface area contributed by atoms with Crippen LogP contribution in [0.25, 0.3) is 0 Å². The third-order valence-corrected chi connectivity index (χ3v) is 7.28. The molecule has 2 aliphatic carbocycles. The van der Waals surface area contributed by atoms with Crippen molar-refractivity contribution >= 4 is 0 Å². The molecule has 0 heterocycles. The van der Waals surface area contributed by atoms with Crippen LogP contribution in [0.1, 0.15) is 109 Å². The van der Waals surface area contributed by atoms with E-state index in [9.17, 15) is 0 Å². The Labute approximate surface area is 209 Å². The first kappa shape index (κ1) is 28.1. The van der Waals surface area contributed by atoms with Gasteiger partial charge in [-0.15, -0.1) is 12.1 Å². The summed E-state index contributed by atoms with van der Waals surface area (Å²) in [6.45, 7) is 29.1. The summed E-state index contributed by atoms with van der Waals surface area (Å²) in [5.41, 5.74) is 1.04. The molecular formula is C27H51NY-2. The van der Waals surface area contributed by atoms with Gasteiger partial charge in [0.25, 0.3) is 0 Å². The van der Waals surface area contributed by atoms with Crippen LogP contribution in [0.4, 0.5) is 0 Å². The molecule has 0 aromatic rings. The summed E-state index contributed by atoms with van der Waals surface area (Å²) in [5, 5.41) is 0. The van der Waals surface area contributed by atoms with Crippen LogP contribution in [0, 0.1) is 46.8 Å². The van der Waals surface area contributed by atoms with E-state index in [2.05, 4.69) is 101 Å². The average molecular weight is 479 g/mol. The molecule has 0 saturated heterocycles. The zero-order valence-electron chi connectivity index (χ0n) is 21.9. The standard InChI is InChI=1S/C27H51N.Y/c1-24(2,3)18-23(26(7,8)9)28(27(10,11)12)20-15-13-19-14-16-22(21(19)17-20)25(4,5)6;/h15,18-23H,13-14,16-17H2,1-12H3;/q-2;. The summed E-state index contributed by atoms with van der Waals surface area (Å²) in [6, 6.07) is 1.06. The Kier molecular flexibility index (Phi) is 9.21. The third kappa shape index (κ3) is 7.28. The van der Waals surface area contributed by atoms with E-state index in [0.29, 0.717) is 17.5 Å². The van der Waals surface area contributed by atoms with Crippen molar-refractivity contribution in [1.82, 2.24) is 4.90 Å². The Hall–Kier alpha value is 1.06. The van der Waals surface area contributed by atoms with Crippen LogP contribution in [-0.2, 0) is 32.7 Å². The van der Waals surface area contributed by atoms with Gasteiger partial charge in [-0.05, 0) is 44.4 Å². The van der Waals surface area contributed by atoms with E-state index >= 15 is 0 Å². The summed E-state index contributed by atoms with van der Waals surface area (Å²) in [5.74, 6) is 2.72. The summed E-state index contributed by atoms with van der Waals surface area (Å²) >= 11 is 0. The molecule has 2 saturated carbocycles. The average Bonchev–Trinajstić information content (AvgIpc) is 2.85. The van der Waals surface area contributed by atoms with Crippen molar-refractivity contribution in [1.29, 1.82) is 0 Å². The normalized spacial score (nSPS) is 30.1. The van der Waals surface area contributed by atoms with Crippen molar-refractivity contribution in [3.8, 4) is 0 Å². The first-order valence-electron chi connectivity index (χ1n) is 11.9. The number of rotatable bonds is 3. The maximum atomic E-state index is 2.88. The van der Waals surface area contributed by atoms with Gasteiger partial charge < -0.3 is 17.7 Å². The van der Waals surface area contributed by atoms with Gasteiger partial charge >= 0.3 is 0 Å². The van der Waals surface area contributed by atoms with Crippen LogP contribution in [0.5, 0.6) is 0 Å². The quantitative estimate of drug-likeness (QED) is 0.374. The SMILES string of the molecule is CC(C)(C)[CH-]C(N(C1[CH-]CC2CCC(C(C)(C)C)C2C1)C(C)(C)C)C(C)(C)C.[Y]. The van der Waals surface area contributed by atoms with Gasteiger partial charge in [0, 0.05) is 38.2 Å². The van der Waals surface area contributed by atoms with Crippen LogP contribution < -0.4 is 0 Å². The van der Waals surface area contributed by atoms with Gasteiger partial charge in [-0.2, -0.15) is 11.8 Å². The van der Waals surface area contributed by atoms with Crippen molar-refractivity contribution in [2.24, 2.45) is 34.0 Å². The van der Waals surface area contributed by atoms with Crippen molar-refractivity contribution < 1.29 is 32.7 Å². The first-order valence-corrected chi connectivity index (χ1v) is 11.9. The monoisotopic (exact) mass is 478 g/mol. The van der Waals surface area contributed by atoms with Crippen LogP contribution in [-0.4, -0.2) is 22.5 Å². The van der Waals surface area contributed by atoms with Crippen molar-refractivity contribution in [2.75, 3.05) is 0 Å². The second-order valence-corrected chi connectivity index (χ2v) is 14.2. The summed E-state index contributed by atoms with van der Waals surface area (Å²) in [6.07, 6.45) is 10.9. The van der Waals surface area contributed by atoms with E-state index in [-0.39, 0.29) is 49.1 Å². The molecule has 0 aliphatic heterocycles. The summed E-state index contributed by atoms with van der Waals surface area (Å²) in [7, 11) is 0. The fourth-order valence-corrected chi connectivity index (χ4v) is 6.15. The molecule has 1 nitrogen and oxygen atoms in total. The number of nitrogens with zero attached hydrogens (tertiary/aromatic N) is 1. The molecule has 0 amide bonds. The second kappa shape index (κ2) is 9.51. The molecule has 2 heteroatoms. The molecule has 2 fully saturated rings. The molecule has 0 N–H and O–H groups in total. The van der Waals surface area contributed by atoms with Gasteiger partial charge in [0.05, 0.1) is 0 Å². The Bertz CT molecular complexity index is 511. The second-order valence-electron chi connectivity index (χ2n) is 14.2. The van der Waals surface area contributed by atoms with Gasteiger partial charge in [-0.3, -0.25) is 0 Å². The van der Waals surface area contributed by atoms with Gasteiger partial charge in [-0.25, -0.2) is 0 Å². The maximum Gasteiger partial charge on any atom is 0.00764 e. The molecule has 0 spiro atoms. The topological polar surface area (TPSA) is 3.24 Å². The van der Waals surface area contributed by atoms with E-state index in [1.807, 2.05) is 0 Å². The fourth-order valence-electron chi connectivity index (χ4n) is 6.15. The molecular weight excluding hydrogens is 427 g/mol. The zero-order chi connectivity index (χ0) is 21.7. The minimum atomic E-state index is 0. The van der Waals surface area contributed by atoms with E-state index in [1.54, 1.807) is 0 Å². The predicted octanol–water partition coefficient (Wildman–Crippen LogP) is 7.80. The van der Waals surface area contributed by atoms with Crippen LogP contribution >= 0.6 is 0 Å². The molecule has 2 aliphatic rings. The Balaban J connectivity index is 0.00000420. The first-order chi connectivity index (χ1) is 12.4. The van der Waals surface area contributed by atoms with Crippen LogP contribution in [0.3, 0.4) is 0 Å². The Morgan fingerprint density at radius 1 is 0.862 bits per heavy atom. The molecule has 0 bridgehead atoms. The van der Waals surface area contributed by atoms with E-state index in [0.717, 1.165) is 17.8 Å². The number of hydrogen-bond acceptors (Lipinski definition) is 1. The van der Waals surface area contributed by atoms with Gasteiger partial charge in [0.15, 0.2) is 0 Å². The largest absolute Gasteiger partial charge is 0.351 e.